The van der Waals surface area contributed by atoms with Gasteiger partial charge in [-0.2, -0.15) is 0 Å². The molecule has 1 saturated heterocycles. The molecule has 27 heavy (non-hydrogen) atoms. The van der Waals surface area contributed by atoms with Gasteiger partial charge in [0.15, 0.2) is 0 Å². The van der Waals surface area contributed by atoms with E-state index in [2.05, 4.69) is 0 Å². The fraction of sp³-hybridized carbons (Fsp3) is 0.222. The Kier molecular flexibility index (Phi) is 5.38. The van der Waals surface area contributed by atoms with Gasteiger partial charge in [-0.3, -0.25) is 14.9 Å². The molecule has 0 N–H and O–H groups in total. The summed E-state index contributed by atoms with van der Waals surface area (Å²) in [6.07, 6.45) is 0. The van der Waals surface area contributed by atoms with Crippen molar-refractivity contribution < 1.29 is 19.6 Å². The van der Waals surface area contributed by atoms with E-state index in [-0.39, 0.29) is 17.0 Å². The highest BCUT2D eigenvalue weighted by Gasteiger charge is 2.40. The number of carboxylic acid groups (broad SMARTS) is 1. The van der Waals surface area contributed by atoms with Crippen LogP contribution in [0.15, 0.2) is 42.5 Å². The normalized spacial score (nSPS) is 19.1. The number of halogens is 1. The molecule has 7 nitrogen and oxygen atoms in total. The summed E-state index contributed by atoms with van der Waals surface area (Å²) in [5.41, 5.74) is 0.847. The van der Waals surface area contributed by atoms with Gasteiger partial charge in [0.2, 0.25) is 0 Å². The van der Waals surface area contributed by atoms with Gasteiger partial charge in [-0.15, -0.1) is 11.8 Å². The van der Waals surface area contributed by atoms with Gasteiger partial charge in [0.05, 0.1) is 16.9 Å². The smallest absolute Gasteiger partial charge is 0.273 e. The number of carboxylic acids is 1. The minimum Gasteiger partial charge on any atom is -0.548 e. The molecule has 1 heterocycles. The van der Waals surface area contributed by atoms with Gasteiger partial charge in [0.25, 0.3) is 11.6 Å². The summed E-state index contributed by atoms with van der Waals surface area (Å²) in [4.78, 5) is 36.5. The molecule has 2 aromatic rings. The number of benzene rings is 2. The van der Waals surface area contributed by atoms with Gasteiger partial charge in [-0.25, -0.2) is 0 Å². The van der Waals surface area contributed by atoms with Crippen LogP contribution in [0.5, 0.6) is 0 Å². The Bertz CT molecular complexity index is 936. The van der Waals surface area contributed by atoms with Crippen molar-refractivity contribution in [2.45, 2.75) is 18.3 Å². The number of aliphatic carboxylic acids is 1. The number of aryl methyl sites for hydroxylation is 1. The molecule has 0 radical (unpaired) electrons. The van der Waals surface area contributed by atoms with Crippen molar-refractivity contribution in [1.82, 2.24) is 4.90 Å². The van der Waals surface area contributed by atoms with Crippen LogP contribution in [0.2, 0.25) is 5.02 Å². The molecule has 1 amide bonds. The maximum Gasteiger partial charge on any atom is 0.273 e. The number of thioether (sulfide) groups is 1. The van der Waals surface area contributed by atoms with Crippen LogP contribution in [-0.4, -0.2) is 33.5 Å². The summed E-state index contributed by atoms with van der Waals surface area (Å²) in [6, 6.07) is 9.76. The molecule has 1 aliphatic heterocycles. The molecule has 3 rings (SSSR count). The van der Waals surface area contributed by atoms with E-state index in [0.29, 0.717) is 16.1 Å². The summed E-state index contributed by atoms with van der Waals surface area (Å²) in [5, 5.41) is 22.5. The highest BCUT2D eigenvalue weighted by atomic mass is 35.5. The molecule has 0 spiro atoms. The standard InChI is InChI=1S/C18H15ClN2O5S/c1-10-6-7-11(8-14(10)21(25)26)16(22)20-15(18(23)24)9-27-17(20)12-4-2-3-5-13(12)19/h2-8,15,17H,9H2,1H3,(H,23,24)/p-1/t15-,17-/m1/s1. The summed E-state index contributed by atoms with van der Waals surface area (Å²) < 4.78 is 0. The lowest BCUT2D eigenvalue weighted by Crippen LogP contribution is -2.49. The summed E-state index contributed by atoms with van der Waals surface area (Å²) in [6.45, 7) is 1.56. The van der Waals surface area contributed by atoms with E-state index in [0.717, 1.165) is 6.07 Å². The lowest BCUT2D eigenvalue weighted by atomic mass is 10.1. The number of carbonyl (C=O) groups excluding carboxylic acids is 2. The van der Waals surface area contributed by atoms with E-state index >= 15 is 0 Å². The average molecular weight is 406 g/mol. The maximum absolute atomic E-state index is 13.1. The van der Waals surface area contributed by atoms with Gasteiger partial charge in [0.1, 0.15) is 5.37 Å². The molecule has 1 fully saturated rings. The van der Waals surface area contributed by atoms with Gasteiger partial charge in [-0.05, 0) is 19.1 Å². The molecular weight excluding hydrogens is 392 g/mol. The van der Waals surface area contributed by atoms with Crippen LogP contribution in [0, 0.1) is 17.0 Å². The lowest BCUT2D eigenvalue weighted by Gasteiger charge is -2.30. The minimum absolute atomic E-state index is 0.0399. The number of nitro groups is 1. The molecule has 0 aromatic heterocycles. The van der Waals surface area contributed by atoms with Crippen molar-refractivity contribution >= 4 is 40.9 Å². The third-order valence-electron chi connectivity index (χ3n) is 4.33. The van der Waals surface area contributed by atoms with Gasteiger partial charge in [-0.1, -0.05) is 35.9 Å². The second-order valence-corrected chi connectivity index (χ2v) is 7.53. The third kappa shape index (κ3) is 3.63. The first-order valence-electron chi connectivity index (χ1n) is 7.96. The van der Waals surface area contributed by atoms with Crippen LogP contribution in [0.1, 0.15) is 26.9 Å². The van der Waals surface area contributed by atoms with E-state index in [1.165, 1.54) is 28.8 Å². The van der Waals surface area contributed by atoms with E-state index in [1.54, 1.807) is 31.2 Å². The van der Waals surface area contributed by atoms with Crippen LogP contribution in [0.4, 0.5) is 5.69 Å². The Labute approximate surface area is 164 Å². The largest absolute Gasteiger partial charge is 0.548 e. The molecular formula is C18H14ClN2O5S-. The summed E-state index contributed by atoms with van der Waals surface area (Å²) in [7, 11) is 0. The molecule has 0 unspecified atom stereocenters. The van der Waals surface area contributed by atoms with Crippen molar-refractivity contribution in [1.29, 1.82) is 0 Å². The number of hydrogen-bond acceptors (Lipinski definition) is 6. The average Bonchev–Trinajstić information content (AvgIpc) is 3.06. The Morgan fingerprint density at radius 1 is 1.26 bits per heavy atom. The van der Waals surface area contributed by atoms with E-state index in [4.69, 9.17) is 11.6 Å². The predicted molar refractivity (Wildman–Crippen MR) is 99.4 cm³/mol. The molecule has 1 aliphatic rings. The fourth-order valence-corrected chi connectivity index (χ4v) is 4.69. The highest BCUT2D eigenvalue weighted by molar-refractivity contribution is 7.99. The van der Waals surface area contributed by atoms with Crippen molar-refractivity contribution in [3.05, 3.63) is 74.3 Å². The molecule has 2 atom stereocenters. The number of nitrogens with zero attached hydrogens (tertiary/aromatic N) is 2. The lowest BCUT2D eigenvalue weighted by molar-refractivity contribution is -0.385. The topological polar surface area (TPSA) is 104 Å². The zero-order valence-corrected chi connectivity index (χ0v) is 15.7. The van der Waals surface area contributed by atoms with Crippen molar-refractivity contribution in [3.8, 4) is 0 Å². The number of nitro benzene ring substituents is 1. The van der Waals surface area contributed by atoms with Crippen molar-refractivity contribution in [2.75, 3.05) is 5.75 Å². The number of carbonyl (C=O) groups is 2. The van der Waals surface area contributed by atoms with Gasteiger partial charge < -0.3 is 14.8 Å². The highest BCUT2D eigenvalue weighted by Crippen LogP contribution is 2.44. The quantitative estimate of drug-likeness (QED) is 0.572. The third-order valence-corrected chi connectivity index (χ3v) is 5.98. The molecule has 9 heteroatoms. The number of amides is 1. The van der Waals surface area contributed by atoms with Crippen molar-refractivity contribution in [3.63, 3.8) is 0 Å². The Morgan fingerprint density at radius 2 is 1.96 bits per heavy atom. The minimum atomic E-state index is -1.38. The van der Waals surface area contributed by atoms with Crippen molar-refractivity contribution in [2.24, 2.45) is 0 Å². The molecule has 2 aromatic carbocycles. The first kappa shape index (κ1) is 19.2. The maximum atomic E-state index is 13.1. The fourth-order valence-electron chi connectivity index (χ4n) is 2.94. The first-order valence-corrected chi connectivity index (χ1v) is 9.38. The van der Waals surface area contributed by atoms with E-state index in [1.807, 2.05) is 0 Å². The summed E-state index contributed by atoms with van der Waals surface area (Å²) >= 11 is 7.49. The Hall–Kier alpha value is -2.58. The van der Waals surface area contributed by atoms with E-state index < -0.39 is 28.2 Å². The second kappa shape index (κ2) is 7.58. The SMILES string of the molecule is Cc1ccc(C(=O)N2[C@@H](C(=O)[O-])CS[C@@H]2c2ccccc2Cl)cc1[N+](=O)[O-]. The first-order chi connectivity index (χ1) is 12.8. The molecule has 0 bridgehead atoms. The monoisotopic (exact) mass is 405 g/mol. The van der Waals surface area contributed by atoms with Crippen LogP contribution < -0.4 is 5.11 Å². The van der Waals surface area contributed by atoms with Gasteiger partial charge >= 0.3 is 0 Å². The van der Waals surface area contributed by atoms with E-state index in [9.17, 15) is 24.8 Å². The predicted octanol–water partition coefficient (Wildman–Crippen LogP) is 2.56. The Morgan fingerprint density at radius 3 is 2.59 bits per heavy atom. The van der Waals surface area contributed by atoms with Crippen LogP contribution in [0.3, 0.4) is 0 Å². The molecule has 0 aliphatic carbocycles. The summed E-state index contributed by atoms with van der Waals surface area (Å²) in [5.74, 6) is -1.87. The number of hydrogen-bond donors (Lipinski definition) is 0. The number of rotatable bonds is 4. The zero-order valence-electron chi connectivity index (χ0n) is 14.1. The van der Waals surface area contributed by atoms with Crippen LogP contribution in [-0.2, 0) is 4.79 Å². The molecule has 0 saturated carbocycles. The van der Waals surface area contributed by atoms with Crippen LogP contribution >= 0.6 is 23.4 Å². The van der Waals surface area contributed by atoms with Gasteiger partial charge in [0, 0.05) is 33.5 Å². The zero-order chi connectivity index (χ0) is 19.7. The second-order valence-electron chi connectivity index (χ2n) is 6.01. The van der Waals surface area contributed by atoms with Crippen LogP contribution in [0.25, 0.3) is 0 Å². The Balaban J connectivity index is 2.05. The molecule has 140 valence electrons.